The summed E-state index contributed by atoms with van der Waals surface area (Å²) in [6.45, 7) is 7.18. The van der Waals surface area contributed by atoms with E-state index in [0.717, 1.165) is 28.2 Å². The number of ether oxygens (including phenoxy) is 2. The van der Waals surface area contributed by atoms with E-state index in [4.69, 9.17) is 9.47 Å². The number of hydrogen-bond acceptors (Lipinski definition) is 5. The number of halogens is 1. The van der Waals surface area contributed by atoms with Gasteiger partial charge in [0.2, 0.25) is 0 Å². The summed E-state index contributed by atoms with van der Waals surface area (Å²) in [4.78, 5) is 25.6. The first-order chi connectivity index (χ1) is 11.5. The number of thioether (sulfide) groups is 1. The molecule has 0 saturated carbocycles. The maximum atomic E-state index is 12.2. The lowest BCUT2D eigenvalue weighted by atomic mass is 10.2. The van der Waals surface area contributed by atoms with Crippen molar-refractivity contribution in [1.29, 1.82) is 0 Å². The SMILES string of the molecule is CCCOc1c(Br)cc(/C=C2\SC(=O)N(CC)C2=O)cc1OCC. The van der Waals surface area contributed by atoms with Crippen LogP contribution in [0.1, 0.15) is 32.8 Å². The average molecular weight is 414 g/mol. The molecule has 0 N–H and O–H groups in total. The molecule has 5 nitrogen and oxygen atoms in total. The summed E-state index contributed by atoms with van der Waals surface area (Å²) in [6.07, 6.45) is 2.60. The molecule has 0 aliphatic carbocycles. The normalized spacial score (nSPS) is 16.2. The highest BCUT2D eigenvalue weighted by Gasteiger charge is 2.33. The van der Waals surface area contributed by atoms with Crippen molar-refractivity contribution in [2.45, 2.75) is 27.2 Å². The zero-order valence-electron chi connectivity index (χ0n) is 13.9. The summed E-state index contributed by atoms with van der Waals surface area (Å²) in [5, 5.41) is -0.235. The Labute approximate surface area is 154 Å². The van der Waals surface area contributed by atoms with Crippen molar-refractivity contribution in [3.8, 4) is 11.5 Å². The second kappa shape index (κ2) is 8.58. The smallest absolute Gasteiger partial charge is 0.293 e. The van der Waals surface area contributed by atoms with Crippen molar-refractivity contribution >= 4 is 44.9 Å². The van der Waals surface area contributed by atoms with Gasteiger partial charge in [0, 0.05) is 6.54 Å². The minimum Gasteiger partial charge on any atom is -0.490 e. The highest BCUT2D eigenvalue weighted by atomic mass is 79.9. The molecular weight excluding hydrogens is 394 g/mol. The highest BCUT2D eigenvalue weighted by molar-refractivity contribution is 9.10. The molecule has 1 heterocycles. The first-order valence-corrected chi connectivity index (χ1v) is 9.47. The van der Waals surface area contributed by atoms with Crippen LogP contribution in [-0.2, 0) is 4.79 Å². The second-order valence-electron chi connectivity index (χ2n) is 5.04. The van der Waals surface area contributed by atoms with Crippen LogP contribution in [0.2, 0.25) is 0 Å². The van der Waals surface area contributed by atoms with Gasteiger partial charge in [-0.2, -0.15) is 0 Å². The van der Waals surface area contributed by atoms with Gasteiger partial charge in [0.25, 0.3) is 11.1 Å². The molecule has 2 amide bonds. The number of rotatable bonds is 7. The van der Waals surface area contributed by atoms with E-state index in [1.807, 2.05) is 26.0 Å². The van der Waals surface area contributed by atoms with Crippen LogP contribution >= 0.6 is 27.7 Å². The number of benzene rings is 1. The van der Waals surface area contributed by atoms with Crippen molar-refractivity contribution in [2.24, 2.45) is 0 Å². The van der Waals surface area contributed by atoms with Crippen molar-refractivity contribution in [3.63, 3.8) is 0 Å². The van der Waals surface area contributed by atoms with Crippen LogP contribution in [0, 0.1) is 0 Å². The fraction of sp³-hybridized carbons (Fsp3) is 0.412. The van der Waals surface area contributed by atoms with Crippen LogP contribution in [0.3, 0.4) is 0 Å². The third-order valence-corrected chi connectivity index (χ3v) is 4.77. The largest absolute Gasteiger partial charge is 0.490 e. The van der Waals surface area contributed by atoms with Gasteiger partial charge in [0.1, 0.15) is 0 Å². The van der Waals surface area contributed by atoms with Crippen LogP contribution < -0.4 is 9.47 Å². The number of carbonyl (C=O) groups excluding carboxylic acids is 2. The van der Waals surface area contributed by atoms with Gasteiger partial charge in [-0.05, 0) is 71.7 Å². The number of nitrogens with zero attached hydrogens (tertiary/aromatic N) is 1. The molecule has 0 radical (unpaired) electrons. The van der Waals surface area contributed by atoms with Gasteiger partial charge < -0.3 is 9.47 Å². The Morgan fingerprint density at radius 1 is 1.21 bits per heavy atom. The third-order valence-electron chi connectivity index (χ3n) is 3.27. The molecule has 1 fully saturated rings. The molecule has 2 rings (SSSR count). The summed E-state index contributed by atoms with van der Waals surface area (Å²) in [7, 11) is 0. The Morgan fingerprint density at radius 3 is 2.54 bits per heavy atom. The minimum atomic E-state index is -0.257. The van der Waals surface area contributed by atoms with Gasteiger partial charge in [-0.15, -0.1) is 0 Å². The highest BCUT2D eigenvalue weighted by Crippen LogP contribution is 2.39. The van der Waals surface area contributed by atoms with E-state index < -0.39 is 0 Å². The summed E-state index contributed by atoms with van der Waals surface area (Å²) in [5.41, 5.74) is 0.774. The molecule has 1 aromatic rings. The van der Waals surface area contributed by atoms with E-state index in [2.05, 4.69) is 15.9 Å². The number of hydrogen-bond donors (Lipinski definition) is 0. The lowest BCUT2D eigenvalue weighted by Crippen LogP contribution is -2.27. The van der Waals surface area contributed by atoms with Gasteiger partial charge in [-0.1, -0.05) is 6.92 Å². The molecule has 0 atom stereocenters. The molecule has 7 heteroatoms. The van der Waals surface area contributed by atoms with E-state index in [1.165, 1.54) is 4.90 Å². The lowest BCUT2D eigenvalue weighted by Gasteiger charge is -2.14. The Morgan fingerprint density at radius 2 is 1.96 bits per heavy atom. The van der Waals surface area contributed by atoms with E-state index in [1.54, 1.807) is 13.0 Å². The van der Waals surface area contributed by atoms with E-state index >= 15 is 0 Å². The molecule has 0 aromatic heterocycles. The molecule has 1 aromatic carbocycles. The van der Waals surface area contributed by atoms with Crippen molar-refractivity contribution < 1.29 is 19.1 Å². The van der Waals surface area contributed by atoms with Crippen molar-refractivity contribution in [3.05, 3.63) is 27.1 Å². The molecular formula is C17H20BrNO4S. The number of carbonyl (C=O) groups is 2. The summed E-state index contributed by atoms with van der Waals surface area (Å²) in [6, 6.07) is 3.67. The van der Waals surface area contributed by atoms with E-state index in [-0.39, 0.29) is 11.1 Å². The van der Waals surface area contributed by atoms with Gasteiger partial charge in [-0.3, -0.25) is 14.5 Å². The maximum absolute atomic E-state index is 12.2. The standard InChI is InChI=1S/C17H20BrNO4S/c1-4-7-23-15-12(18)8-11(9-13(15)22-6-3)10-14-16(20)19(5-2)17(21)24-14/h8-10H,4-7H2,1-3H3/b14-10-. The zero-order chi connectivity index (χ0) is 17.7. The number of amides is 2. The molecule has 1 aliphatic heterocycles. The fourth-order valence-electron chi connectivity index (χ4n) is 2.20. The van der Waals surface area contributed by atoms with Crippen LogP contribution in [0.25, 0.3) is 6.08 Å². The molecule has 0 unspecified atom stereocenters. The molecule has 0 bridgehead atoms. The third kappa shape index (κ3) is 4.13. The topological polar surface area (TPSA) is 55.8 Å². The molecule has 0 spiro atoms. The second-order valence-corrected chi connectivity index (χ2v) is 6.88. The predicted octanol–water partition coefficient (Wildman–Crippen LogP) is 4.69. The summed E-state index contributed by atoms with van der Waals surface area (Å²) >= 11 is 4.45. The van der Waals surface area contributed by atoms with Crippen molar-refractivity contribution in [1.82, 2.24) is 4.90 Å². The van der Waals surface area contributed by atoms with Gasteiger partial charge >= 0.3 is 0 Å². The summed E-state index contributed by atoms with van der Waals surface area (Å²) < 4.78 is 12.1. The Balaban J connectivity index is 2.36. The van der Waals surface area contributed by atoms with Crippen LogP contribution in [-0.4, -0.2) is 35.8 Å². The lowest BCUT2D eigenvalue weighted by molar-refractivity contribution is -0.122. The Hall–Kier alpha value is -1.47. The molecule has 24 heavy (non-hydrogen) atoms. The van der Waals surface area contributed by atoms with E-state index in [9.17, 15) is 9.59 Å². The fourth-order valence-corrected chi connectivity index (χ4v) is 3.68. The maximum Gasteiger partial charge on any atom is 0.293 e. The predicted molar refractivity (Wildman–Crippen MR) is 99.4 cm³/mol. The first kappa shape index (κ1) is 18.9. The van der Waals surface area contributed by atoms with Gasteiger partial charge in [-0.25, -0.2) is 0 Å². The van der Waals surface area contributed by atoms with Crippen molar-refractivity contribution in [2.75, 3.05) is 19.8 Å². The molecule has 1 aliphatic rings. The molecule has 130 valence electrons. The van der Waals surface area contributed by atoms with Gasteiger partial charge in [0.15, 0.2) is 11.5 Å². The quantitative estimate of drug-likeness (QED) is 0.606. The number of imide groups is 1. The Bertz CT molecular complexity index is 675. The summed E-state index contributed by atoms with van der Waals surface area (Å²) in [5.74, 6) is 1.01. The first-order valence-electron chi connectivity index (χ1n) is 7.86. The van der Waals surface area contributed by atoms with Crippen LogP contribution in [0.15, 0.2) is 21.5 Å². The van der Waals surface area contributed by atoms with Crippen LogP contribution in [0.4, 0.5) is 4.79 Å². The van der Waals surface area contributed by atoms with E-state index in [0.29, 0.717) is 36.2 Å². The molecule has 1 saturated heterocycles. The van der Waals surface area contributed by atoms with Gasteiger partial charge in [0.05, 0.1) is 22.6 Å². The zero-order valence-corrected chi connectivity index (χ0v) is 16.3. The average Bonchev–Trinajstić information content (AvgIpc) is 2.80. The monoisotopic (exact) mass is 413 g/mol. The minimum absolute atomic E-state index is 0.235. The van der Waals surface area contributed by atoms with Crippen LogP contribution in [0.5, 0.6) is 11.5 Å². The Kier molecular flexibility index (Phi) is 6.74. The number of likely N-dealkylation sites (N-methyl/N-ethyl adjacent to an activating group) is 1.